The van der Waals surface area contributed by atoms with E-state index >= 15 is 0 Å². The molecule has 7 bridgehead atoms. The van der Waals surface area contributed by atoms with Crippen molar-refractivity contribution in [3.05, 3.63) is 35.9 Å². The van der Waals surface area contributed by atoms with E-state index in [9.17, 15) is 25.2 Å². The maximum Gasteiger partial charge on any atom is 0.338 e. The Morgan fingerprint density at radius 2 is 1.72 bits per heavy atom. The van der Waals surface area contributed by atoms with Crippen LogP contribution in [0.15, 0.2) is 30.3 Å². The summed E-state index contributed by atoms with van der Waals surface area (Å²) < 4.78 is 30.5. The van der Waals surface area contributed by atoms with E-state index in [4.69, 9.17) is 23.7 Å². The van der Waals surface area contributed by atoms with Crippen LogP contribution in [0.1, 0.15) is 30.1 Å². The summed E-state index contributed by atoms with van der Waals surface area (Å²) in [5.74, 6) is -2.94. The topological polar surface area (TPSA) is 147 Å². The van der Waals surface area contributed by atoms with Gasteiger partial charge in [-0.15, -0.1) is 0 Å². The van der Waals surface area contributed by atoms with E-state index in [1.807, 2.05) is 0 Å². The number of hydrogen-bond acceptors (Lipinski definition) is 11. The molecule has 15 atom stereocenters. The van der Waals surface area contributed by atoms with Crippen LogP contribution in [0.5, 0.6) is 0 Å². The summed E-state index contributed by atoms with van der Waals surface area (Å²) in [4.78, 5) is 15.8. The van der Waals surface area contributed by atoms with Crippen molar-refractivity contribution in [2.75, 3.05) is 48.1 Å². The first-order valence-corrected chi connectivity index (χ1v) is 15.5. The predicted octanol–water partition coefficient (Wildman–Crippen LogP) is 0.0773. The average molecular weight is 604 g/mol. The Kier molecular flexibility index (Phi) is 6.92. The molecule has 5 aliphatic carbocycles. The van der Waals surface area contributed by atoms with Gasteiger partial charge in [-0.2, -0.15) is 0 Å². The lowest BCUT2D eigenvalue weighted by atomic mass is 9.42. The molecular formula is C32H45NO10. The fraction of sp³-hybridized carbons (Fsp3) is 0.781. The molecule has 1 aromatic rings. The van der Waals surface area contributed by atoms with Crippen LogP contribution in [0, 0.1) is 34.5 Å². The highest BCUT2D eigenvalue weighted by molar-refractivity contribution is 5.89. The van der Waals surface area contributed by atoms with E-state index in [-0.39, 0.29) is 25.0 Å². The van der Waals surface area contributed by atoms with Crippen molar-refractivity contribution in [1.29, 1.82) is 0 Å². The molecule has 6 fully saturated rings. The van der Waals surface area contributed by atoms with Gasteiger partial charge in [-0.25, -0.2) is 4.79 Å². The number of rotatable bonds is 8. The molecular weight excluding hydrogens is 558 g/mol. The molecule has 6 aliphatic rings. The average Bonchev–Trinajstić information content (AvgIpc) is 3.39. The number of benzene rings is 1. The zero-order chi connectivity index (χ0) is 30.7. The van der Waals surface area contributed by atoms with Crippen LogP contribution in [0.3, 0.4) is 0 Å². The number of carbonyl (C=O) groups is 1. The number of fused-ring (bicyclic) bond motifs is 2. The van der Waals surface area contributed by atoms with E-state index in [2.05, 4.69) is 11.8 Å². The summed E-state index contributed by atoms with van der Waals surface area (Å²) in [6, 6.07) is 8.25. The molecule has 11 heteroatoms. The molecule has 1 heterocycles. The third-order valence-electron chi connectivity index (χ3n) is 12.9. The van der Waals surface area contributed by atoms with Gasteiger partial charge in [0.2, 0.25) is 0 Å². The van der Waals surface area contributed by atoms with Crippen LogP contribution in [-0.4, -0.2) is 133 Å². The lowest BCUT2D eigenvalue weighted by Gasteiger charge is -2.70. The molecule has 1 aromatic carbocycles. The lowest BCUT2D eigenvalue weighted by Crippen LogP contribution is -2.81. The fourth-order valence-corrected chi connectivity index (χ4v) is 11.9. The Labute approximate surface area is 252 Å². The van der Waals surface area contributed by atoms with Crippen LogP contribution in [-0.2, 0) is 23.7 Å². The Bertz CT molecular complexity index is 1250. The van der Waals surface area contributed by atoms with Crippen molar-refractivity contribution in [2.24, 2.45) is 34.5 Å². The van der Waals surface area contributed by atoms with Crippen LogP contribution in [0.4, 0.5) is 0 Å². The van der Waals surface area contributed by atoms with Gasteiger partial charge in [0.1, 0.15) is 29.5 Å². The second-order valence-corrected chi connectivity index (χ2v) is 13.9. The molecule has 7 rings (SSSR count). The van der Waals surface area contributed by atoms with Gasteiger partial charge in [0.15, 0.2) is 0 Å². The zero-order valence-corrected chi connectivity index (χ0v) is 25.5. The molecule has 4 N–H and O–H groups in total. The highest BCUT2D eigenvalue weighted by atomic mass is 16.6. The Morgan fingerprint density at radius 3 is 2.33 bits per heavy atom. The van der Waals surface area contributed by atoms with Crippen molar-refractivity contribution in [2.45, 2.75) is 73.6 Å². The normalized spacial score (nSPS) is 52.7. The van der Waals surface area contributed by atoms with E-state index in [0.717, 1.165) is 0 Å². The molecule has 238 valence electrons. The van der Waals surface area contributed by atoms with Crippen molar-refractivity contribution in [1.82, 2.24) is 4.90 Å². The van der Waals surface area contributed by atoms with Gasteiger partial charge in [-0.1, -0.05) is 25.1 Å². The highest BCUT2D eigenvalue weighted by Crippen LogP contribution is 2.80. The molecule has 0 amide bonds. The third-order valence-corrected chi connectivity index (χ3v) is 12.9. The number of hydrogen-bond donors (Lipinski definition) is 4. The molecule has 1 spiro atoms. The largest absolute Gasteiger partial charge is 0.455 e. The summed E-state index contributed by atoms with van der Waals surface area (Å²) in [7, 11) is 6.29. The number of likely N-dealkylation sites (tertiary alicyclic amines) is 1. The van der Waals surface area contributed by atoms with Gasteiger partial charge >= 0.3 is 5.97 Å². The SMILES string of the molecule is CCN1C[C@@]2(COC)C3C(OC)C4C1[C@@]3(C1CC3(O)C(OC(=O)c5ccccc5)C1[C@@]4(O)[C@@H](O)[C@@H]3OC)[C@@H](OC)C[C@H]2O. The summed E-state index contributed by atoms with van der Waals surface area (Å²) in [6.07, 6.45) is -5.27. The lowest BCUT2D eigenvalue weighted by molar-refractivity contribution is -0.320. The second kappa shape index (κ2) is 9.91. The van der Waals surface area contributed by atoms with Crippen molar-refractivity contribution < 1.29 is 48.9 Å². The first kappa shape index (κ1) is 30.0. The Balaban J connectivity index is 1.48. The van der Waals surface area contributed by atoms with E-state index in [1.165, 1.54) is 7.11 Å². The Hall–Kier alpha value is -1.67. The maximum absolute atomic E-state index is 13.6. The fourth-order valence-electron chi connectivity index (χ4n) is 11.9. The number of aliphatic hydroxyl groups excluding tert-OH is 2. The number of carbonyl (C=O) groups excluding carboxylic acids is 1. The molecule has 1 aliphatic heterocycles. The number of ether oxygens (including phenoxy) is 5. The quantitative estimate of drug-likeness (QED) is 0.300. The van der Waals surface area contributed by atoms with Gasteiger partial charge in [0, 0.05) is 76.0 Å². The summed E-state index contributed by atoms with van der Waals surface area (Å²) in [5.41, 5.74) is -4.81. The standard InChI is InChI=1S/C32H45NO10/c1-6-33-14-29(15-39-2)18(34)12-19(40-3)31-17-13-30(37)26(43-28(36)16-10-8-7-9-11-16)20(17)32(38,25(35)27(30)42-5)21(24(31)33)22(41-4)23(29)31/h7-11,17-27,34-35,37-38H,6,12-15H2,1-5H3/t17?,18-,19+,20?,21?,22?,23?,24?,25+,26?,27+,29+,30?,31+,32+/m1/s1. The summed E-state index contributed by atoms with van der Waals surface area (Å²) in [5, 5.41) is 49.7. The first-order valence-electron chi connectivity index (χ1n) is 15.5. The smallest absolute Gasteiger partial charge is 0.338 e. The van der Waals surface area contributed by atoms with Gasteiger partial charge in [0.05, 0.1) is 30.5 Å². The predicted molar refractivity (Wildman–Crippen MR) is 151 cm³/mol. The van der Waals surface area contributed by atoms with Crippen LogP contribution >= 0.6 is 0 Å². The molecule has 1 saturated heterocycles. The van der Waals surface area contributed by atoms with Gasteiger partial charge in [-0.05, 0) is 31.0 Å². The maximum atomic E-state index is 13.6. The summed E-state index contributed by atoms with van der Waals surface area (Å²) in [6.45, 7) is 3.46. The molecule has 8 unspecified atom stereocenters. The Morgan fingerprint density at radius 1 is 1.00 bits per heavy atom. The molecule has 11 nitrogen and oxygen atoms in total. The van der Waals surface area contributed by atoms with E-state index in [0.29, 0.717) is 25.1 Å². The van der Waals surface area contributed by atoms with E-state index in [1.54, 1.807) is 51.7 Å². The van der Waals surface area contributed by atoms with Crippen LogP contribution < -0.4 is 0 Å². The van der Waals surface area contributed by atoms with Crippen molar-refractivity contribution >= 4 is 5.97 Å². The minimum atomic E-state index is -1.86. The van der Waals surface area contributed by atoms with Crippen molar-refractivity contribution in [3.8, 4) is 0 Å². The van der Waals surface area contributed by atoms with Gasteiger partial charge in [0.25, 0.3) is 0 Å². The summed E-state index contributed by atoms with van der Waals surface area (Å²) >= 11 is 0. The molecule has 5 saturated carbocycles. The van der Waals surface area contributed by atoms with Gasteiger partial charge in [-0.3, -0.25) is 4.90 Å². The minimum absolute atomic E-state index is 0.106. The monoisotopic (exact) mass is 603 g/mol. The molecule has 43 heavy (non-hydrogen) atoms. The number of nitrogens with zero attached hydrogens (tertiary/aromatic N) is 1. The number of aliphatic hydroxyl groups is 4. The number of methoxy groups -OCH3 is 4. The molecule has 0 radical (unpaired) electrons. The van der Waals surface area contributed by atoms with E-state index < -0.39 is 82.4 Å². The van der Waals surface area contributed by atoms with Gasteiger partial charge < -0.3 is 44.1 Å². The number of piperidine rings is 1. The van der Waals surface area contributed by atoms with Crippen LogP contribution in [0.25, 0.3) is 0 Å². The number of esters is 1. The minimum Gasteiger partial charge on any atom is -0.455 e. The van der Waals surface area contributed by atoms with Crippen molar-refractivity contribution in [3.63, 3.8) is 0 Å². The first-order chi connectivity index (χ1) is 20.6. The highest BCUT2D eigenvalue weighted by Gasteiger charge is 2.91. The second-order valence-electron chi connectivity index (χ2n) is 13.9. The third kappa shape index (κ3) is 3.28. The molecule has 0 aromatic heterocycles. The van der Waals surface area contributed by atoms with Crippen LogP contribution in [0.2, 0.25) is 0 Å². The zero-order valence-electron chi connectivity index (χ0n) is 25.5.